The molecule has 1 aliphatic heterocycles. The molecule has 1 unspecified atom stereocenters. The summed E-state index contributed by atoms with van der Waals surface area (Å²) in [4.78, 5) is 38.2. The first-order valence-electron chi connectivity index (χ1n) is 11.2. The summed E-state index contributed by atoms with van der Waals surface area (Å²) < 4.78 is 5.56. The molecule has 1 fully saturated rings. The Hall–Kier alpha value is -3.40. The van der Waals surface area contributed by atoms with Gasteiger partial charge >= 0.3 is 6.09 Å². The molecule has 2 aromatic heterocycles. The van der Waals surface area contributed by atoms with E-state index in [1.165, 1.54) is 11.3 Å². The van der Waals surface area contributed by atoms with Crippen LogP contribution in [0.1, 0.15) is 17.2 Å². The van der Waals surface area contributed by atoms with E-state index >= 15 is 0 Å². The molecule has 35 heavy (non-hydrogen) atoms. The van der Waals surface area contributed by atoms with Gasteiger partial charge in [-0.3, -0.25) is 4.79 Å². The van der Waals surface area contributed by atoms with Crippen LogP contribution in [-0.4, -0.2) is 54.2 Å². The minimum absolute atomic E-state index is 0.195. The molecule has 0 saturated carbocycles. The van der Waals surface area contributed by atoms with Gasteiger partial charge in [-0.15, -0.1) is 0 Å². The average molecular weight is 510 g/mol. The van der Waals surface area contributed by atoms with Gasteiger partial charge < -0.3 is 24.8 Å². The maximum absolute atomic E-state index is 13.3. The third-order valence-electron chi connectivity index (χ3n) is 6.02. The first kappa shape index (κ1) is 23.3. The minimum Gasteiger partial charge on any atom is -0.397 e. The van der Waals surface area contributed by atoms with Crippen LogP contribution in [0.5, 0.6) is 5.06 Å². The van der Waals surface area contributed by atoms with E-state index in [1.807, 2.05) is 30.3 Å². The molecule has 180 valence electrons. The number of piperazine rings is 1. The minimum atomic E-state index is -0.711. The highest BCUT2D eigenvalue weighted by Gasteiger charge is 2.23. The van der Waals surface area contributed by atoms with Gasteiger partial charge in [-0.05, 0) is 30.8 Å². The van der Waals surface area contributed by atoms with Gasteiger partial charge in [0, 0.05) is 48.3 Å². The topological polar surface area (TPSA) is 90.6 Å². The third-order valence-corrected chi connectivity index (χ3v) is 7.19. The molecule has 8 nitrogen and oxygen atoms in total. The Morgan fingerprint density at radius 2 is 1.94 bits per heavy atom. The summed E-state index contributed by atoms with van der Waals surface area (Å²) in [6, 6.07) is 13.6. The van der Waals surface area contributed by atoms with E-state index in [2.05, 4.69) is 32.1 Å². The van der Waals surface area contributed by atoms with Crippen LogP contribution in [0.2, 0.25) is 5.02 Å². The van der Waals surface area contributed by atoms with Gasteiger partial charge in [0.05, 0.1) is 17.8 Å². The van der Waals surface area contributed by atoms with E-state index in [-0.39, 0.29) is 5.43 Å². The summed E-state index contributed by atoms with van der Waals surface area (Å²) in [7, 11) is 2.09. The number of thiazole rings is 1. The Bertz CT molecular complexity index is 1400. The number of hydrogen-bond acceptors (Lipinski definition) is 7. The number of rotatable bonds is 5. The number of amides is 1. The number of carbonyl (C=O) groups excluding carboxylic acids is 1. The standard InChI is InChI=1S/C25H24ClN5O3S/c1-30-9-11-31(12-10-30)24-28-15-21(35-24)34-25(33)29-22(16-5-3-2-4-6-16)19-14-27-20-13-17(26)7-8-18(20)23(19)32/h2-8,13-15,22H,9-12H2,1H3,(H,27,32)(H,29,33). The predicted octanol–water partition coefficient (Wildman–Crippen LogP) is 4.27. The summed E-state index contributed by atoms with van der Waals surface area (Å²) >= 11 is 7.39. The van der Waals surface area contributed by atoms with Gasteiger partial charge in [0.25, 0.3) is 0 Å². The smallest absolute Gasteiger partial charge is 0.397 e. The molecule has 0 aliphatic carbocycles. The van der Waals surface area contributed by atoms with Crippen molar-refractivity contribution in [3.63, 3.8) is 0 Å². The Kier molecular flexibility index (Phi) is 6.72. The Labute approximate surface area is 211 Å². The van der Waals surface area contributed by atoms with Crippen LogP contribution in [0, 0.1) is 0 Å². The highest BCUT2D eigenvalue weighted by molar-refractivity contribution is 7.17. The Morgan fingerprint density at radius 1 is 1.17 bits per heavy atom. The molecule has 4 aromatic rings. The van der Waals surface area contributed by atoms with Crippen LogP contribution >= 0.6 is 22.9 Å². The van der Waals surface area contributed by atoms with Crippen LogP contribution in [-0.2, 0) is 0 Å². The lowest BCUT2D eigenvalue weighted by Crippen LogP contribution is -2.44. The SMILES string of the molecule is CN1CCN(c2ncc(OC(=O)NC(c3ccccc3)c3c[nH]c4cc(Cl)ccc4c3=O)s2)CC1. The van der Waals surface area contributed by atoms with Crippen molar-refractivity contribution in [2.24, 2.45) is 0 Å². The van der Waals surface area contributed by atoms with Gasteiger partial charge in [-0.25, -0.2) is 9.78 Å². The fraction of sp³-hybridized carbons (Fsp3) is 0.240. The number of halogens is 1. The zero-order valence-corrected chi connectivity index (χ0v) is 20.6. The summed E-state index contributed by atoms with van der Waals surface area (Å²) in [5, 5.41) is 5.10. The summed E-state index contributed by atoms with van der Waals surface area (Å²) in [5.41, 5.74) is 1.58. The largest absolute Gasteiger partial charge is 0.414 e. The van der Waals surface area contributed by atoms with Crippen molar-refractivity contribution < 1.29 is 9.53 Å². The number of aromatic amines is 1. The number of nitrogens with one attached hydrogen (secondary N) is 2. The number of carbonyl (C=O) groups is 1. The number of H-pyrrole nitrogens is 1. The maximum atomic E-state index is 13.3. The predicted molar refractivity (Wildman–Crippen MR) is 139 cm³/mol. The highest BCUT2D eigenvalue weighted by atomic mass is 35.5. The summed E-state index contributed by atoms with van der Waals surface area (Å²) in [5.74, 6) is 0. The van der Waals surface area contributed by atoms with E-state index in [9.17, 15) is 9.59 Å². The second-order valence-corrected chi connectivity index (χ2v) is 9.80. The van der Waals surface area contributed by atoms with Crippen molar-refractivity contribution in [3.8, 4) is 5.06 Å². The fourth-order valence-corrected chi connectivity index (χ4v) is 5.08. The van der Waals surface area contributed by atoms with E-state index < -0.39 is 12.1 Å². The van der Waals surface area contributed by atoms with Gasteiger partial charge in [0.1, 0.15) is 0 Å². The lowest BCUT2D eigenvalue weighted by atomic mass is 9.98. The van der Waals surface area contributed by atoms with Crippen molar-refractivity contribution in [1.29, 1.82) is 0 Å². The third kappa shape index (κ3) is 5.17. The molecule has 1 amide bonds. The van der Waals surface area contributed by atoms with E-state index in [0.29, 0.717) is 26.6 Å². The van der Waals surface area contributed by atoms with Gasteiger partial charge in [-0.2, -0.15) is 0 Å². The number of benzene rings is 2. The second-order valence-electron chi connectivity index (χ2n) is 8.39. The van der Waals surface area contributed by atoms with Crippen molar-refractivity contribution in [3.05, 3.63) is 87.3 Å². The molecule has 3 heterocycles. The molecular formula is C25H24ClN5O3S. The number of likely N-dealkylation sites (N-methyl/N-ethyl adjacent to an activating group) is 1. The normalized spacial score (nSPS) is 15.2. The zero-order valence-electron chi connectivity index (χ0n) is 19.0. The molecule has 1 atom stereocenters. The molecule has 5 rings (SSSR count). The Morgan fingerprint density at radius 3 is 2.71 bits per heavy atom. The number of hydrogen-bond donors (Lipinski definition) is 2. The molecule has 10 heteroatoms. The molecular weight excluding hydrogens is 486 g/mol. The molecule has 0 spiro atoms. The van der Waals surface area contributed by atoms with Crippen molar-refractivity contribution in [2.45, 2.75) is 6.04 Å². The van der Waals surface area contributed by atoms with Gasteiger partial charge in [0.2, 0.25) is 5.06 Å². The molecule has 0 radical (unpaired) electrons. The van der Waals surface area contributed by atoms with Crippen LogP contribution in [0.4, 0.5) is 9.93 Å². The van der Waals surface area contributed by atoms with Gasteiger partial charge in [0.15, 0.2) is 10.6 Å². The number of ether oxygens (including phenoxy) is 1. The van der Waals surface area contributed by atoms with Gasteiger partial charge in [-0.1, -0.05) is 53.3 Å². The lowest BCUT2D eigenvalue weighted by Gasteiger charge is -2.31. The number of fused-ring (bicyclic) bond motifs is 1. The first-order valence-corrected chi connectivity index (χ1v) is 12.4. The first-order chi connectivity index (χ1) is 17.0. The average Bonchev–Trinajstić information content (AvgIpc) is 3.32. The molecule has 1 saturated heterocycles. The number of pyridine rings is 1. The zero-order chi connectivity index (χ0) is 24.4. The fourth-order valence-electron chi connectivity index (χ4n) is 4.09. The van der Waals surface area contributed by atoms with E-state index in [0.717, 1.165) is 36.9 Å². The molecule has 0 bridgehead atoms. The lowest BCUT2D eigenvalue weighted by molar-refractivity contribution is 0.199. The molecule has 2 aromatic carbocycles. The number of nitrogens with zero attached hydrogens (tertiary/aromatic N) is 3. The van der Waals surface area contributed by atoms with Crippen LogP contribution in [0.15, 0.2) is 65.7 Å². The maximum Gasteiger partial charge on any atom is 0.414 e. The number of anilines is 1. The van der Waals surface area contributed by atoms with E-state index in [4.69, 9.17) is 16.3 Å². The van der Waals surface area contributed by atoms with Crippen molar-refractivity contribution >= 4 is 45.1 Å². The monoisotopic (exact) mass is 509 g/mol. The van der Waals surface area contributed by atoms with E-state index in [1.54, 1.807) is 30.6 Å². The molecule has 1 aliphatic rings. The quantitative estimate of drug-likeness (QED) is 0.417. The second kappa shape index (κ2) is 10.1. The Balaban J connectivity index is 1.38. The van der Waals surface area contributed by atoms with Crippen LogP contribution in [0.3, 0.4) is 0 Å². The van der Waals surface area contributed by atoms with Crippen LogP contribution in [0.25, 0.3) is 10.9 Å². The molecule has 2 N–H and O–H groups in total. The number of aromatic nitrogens is 2. The summed E-state index contributed by atoms with van der Waals surface area (Å²) in [6.07, 6.45) is 2.50. The van der Waals surface area contributed by atoms with Crippen LogP contribution < -0.4 is 20.4 Å². The summed E-state index contributed by atoms with van der Waals surface area (Å²) in [6.45, 7) is 3.67. The van der Waals surface area contributed by atoms with Crippen molar-refractivity contribution in [1.82, 2.24) is 20.2 Å². The highest BCUT2D eigenvalue weighted by Crippen LogP contribution is 2.30. The van der Waals surface area contributed by atoms with Crippen molar-refractivity contribution in [2.75, 3.05) is 38.1 Å².